The van der Waals surface area contributed by atoms with E-state index in [0.717, 1.165) is 35.1 Å². The maximum Gasteiger partial charge on any atom is 0.231 e. The average Bonchev–Trinajstić information content (AvgIpc) is 3.10. The SMILES string of the molecule is CCc1ccc(Nc2cc(Nc3ccc4c(c3)OCO4)ncn2)cc1. The Labute approximate surface area is 145 Å². The summed E-state index contributed by atoms with van der Waals surface area (Å²) in [5.74, 6) is 2.91. The quantitative estimate of drug-likeness (QED) is 0.727. The predicted molar refractivity (Wildman–Crippen MR) is 97.0 cm³/mol. The highest BCUT2D eigenvalue weighted by Crippen LogP contribution is 2.35. The zero-order chi connectivity index (χ0) is 17.1. The predicted octanol–water partition coefficient (Wildman–Crippen LogP) is 4.25. The van der Waals surface area contributed by atoms with Crippen LogP contribution in [0.2, 0.25) is 0 Å². The lowest BCUT2D eigenvalue weighted by Crippen LogP contribution is -1.98. The molecule has 2 aromatic carbocycles. The van der Waals surface area contributed by atoms with Crippen LogP contribution in [0.1, 0.15) is 12.5 Å². The van der Waals surface area contributed by atoms with Gasteiger partial charge in [-0.15, -0.1) is 0 Å². The Kier molecular flexibility index (Phi) is 4.08. The van der Waals surface area contributed by atoms with Crippen molar-refractivity contribution in [3.63, 3.8) is 0 Å². The van der Waals surface area contributed by atoms with Crippen molar-refractivity contribution in [3.05, 3.63) is 60.4 Å². The van der Waals surface area contributed by atoms with E-state index >= 15 is 0 Å². The second-order valence-corrected chi connectivity index (χ2v) is 5.66. The van der Waals surface area contributed by atoms with Crippen molar-refractivity contribution in [2.24, 2.45) is 0 Å². The van der Waals surface area contributed by atoms with Crippen molar-refractivity contribution < 1.29 is 9.47 Å². The van der Waals surface area contributed by atoms with Crippen LogP contribution in [-0.2, 0) is 6.42 Å². The molecule has 0 fully saturated rings. The second kappa shape index (κ2) is 6.68. The third-order valence-electron chi connectivity index (χ3n) is 3.95. The van der Waals surface area contributed by atoms with Crippen molar-refractivity contribution in [1.82, 2.24) is 9.97 Å². The lowest BCUT2D eigenvalue weighted by atomic mass is 10.1. The van der Waals surface area contributed by atoms with Gasteiger partial charge in [0.25, 0.3) is 0 Å². The molecule has 25 heavy (non-hydrogen) atoms. The number of nitrogens with zero attached hydrogens (tertiary/aromatic N) is 2. The fourth-order valence-corrected chi connectivity index (χ4v) is 2.59. The van der Waals surface area contributed by atoms with Gasteiger partial charge >= 0.3 is 0 Å². The summed E-state index contributed by atoms with van der Waals surface area (Å²) in [4.78, 5) is 8.53. The Balaban J connectivity index is 1.49. The molecule has 1 aromatic heterocycles. The molecule has 0 saturated carbocycles. The second-order valence-electron chi connectivity index (χ2n) is 5.66. The summed E-state index contributed by atoms with van der Waals surface area (Å²) in [6.07, 6.45) is 2.55. The van der Waals surface area contributed by atoms with Crippen LogP contribution in [-0.4, -0.2) is 16.8 Å². The molecule has 1 aliphatic heterocycles. The van der Waals surface area contributed by atoms with Crippen molar-refractivity contribution in [1.29, 1.82) is 0 Å². The van der Waals surface area contributed by atoms with Gasteiger partial charge in [0, 0.05) is 23.5 Å². The number of nitrogens with one attached hydrogen (secondary N) is 2. The summed E-state index contributed by atoms with van der Waals surface area (Å²) in [5.41, 5.74) is 3.17. The zero-order valence-electron chi connectivity index (χ0n) is 13.8. The molecule has 0 spiro atoms. The molecule has 3 aromatic rings. The third kappa shape index (κ3) is 3.47. The van der Waals surface area contributed by atoms with E-state index in [-0.39, 0.29) is 6.79 Å². The van der Waals surface area contributed by atoms with Crippen molar-refractivity contribution in [3.8, 4) is 11.5 Å². The summed E-state index contributed by atoms with van der Waals surface area (Å²) in [6, 6.07) is 15.9. The summed E-state index contributed by atoms with van der Waals surface area (Å²) in [5, 5.41) is 6.54. The minimum Gasteiger partial charge on any atom is -0.454 e. The highest BCUT2D eigenvalue weighted by molar-refractivity contribution is 5.65. The zero-order valence-corrected chi connectivity index (χ0v) is 13.8. The molecule has 0 amide bonds. The monoisotopic (exact) mass is 334 g/mol. The van der Waals surface area contributed by atoms with Crippen molar-refractivity contribution >= 4 is 23.0 Å². The summed E-state index contributed by atoms with van der Waals surface area (Å²) >= 11 is 0. The van der Waals surface area contributed by atoms with Gasteiger partial charge in [0.2, 0.25) is 6.79 Å². The first-order valence-electron chi connectivity index (χ1n) is 8.15. The molecule has 2 heterocycles. The van der Waals surface area contributed by atoms with Crippen LogP contribution in [0.3, 0.4) is 0 Å². The molecule has 0 unspecified atom stereocenters. The van der Waals surface area contributed by atoms with Gasteiger partial charge in [0.15, 0.2) is 11.5 Å². The normalized spacial score (nSPS) is 12.0. The van der Waals surface area contributed by atoms with E-state index in [1.165, 1.54) is 11.9 Å². The average molecular weight is 334 g/mol. The van der Waals surface area contributed by atoms with Gasteiger partial charge in [-0.25, -0.2) is 9.97 Å². The van der Waals surface area contributed by atoms with Gasteiger partial charge < -0.3 is 20.1 Å². The van der Waals surface area contributed by atoms with E-state index in [2.05, 4.69) is 39.7 Å². The first kappa shape index (κ1) is 15.3. The Bertz CT molecular complexity index is 881. The molecule has 0 radical (unpaired) electrons. The molecule has 0 bridgehead atoms. The van der Waals surface area contributed by atoms with Crippen LogP contribution in [0.4, 0.5) is 23.0 Å². The fraction of sp³-hybridized carbons (Fsp3) is 0.158. The largest absolute Gasteiger partial charge is 0.454 e. The highest BCUT2D eigenvalue weighted by atomic mass is 16.7. The molecule has 6 nitrogen and oxygen atoms in total. The minimum absolute atomic E-state index is 0.261. The fourth-order valence-electron chi connectivity index (χ4n) is 2.59. The van der Waals surface area contributed by atoms with E-state index in [9.17, 15) is 0 Å². The maximum absolute atomic E-state index is 5.39. The molecule has 6 heteroatoms. The first-order valence-corrected chi connectivity index (χ1v) is 8.15. The lowest BCUT2D eigenvalue weighted by molar-refractivity contribution is 0.174. The smallest absolute Gasteiger partial charge is 0.231 e. The standard InChI is InChI=1S/C19H18N4O2/c1-2-13-3-5-14(6-4-13)22-18-10-19(21-11-20-18)23-15-7-8-16-17(9-15)25-12-24-16/h3-11H,2,12H2,1H3,(H2,20,21,22,23). The molecule has 2 N–H and O–H groups in total. The van der Waals surface area contributed by atoms with Gasteiger partial charge in [-0.05, 0) is 36.2 Å². The maximum atomic E-state index is 5.39. The van der Waals surface area contributed by atoms with Crippen molar-refractivity contribution in [2.45, 2.75) is 13.3 Å². The molecule has 0 saturated heterocycles. The van der Waals surface area contributed by atoms with Gasteiger partial charge in [0.05, 0.1) is 0 Å². The van der Waals surface area contributed by atoms with Gasteiger partial charge in [0.1, 0.15) is 18.0 Å². The van der Waals surface area contributed by atoms with E-state index in [0.29, 0.717) is 5.82 Å². The van der Waals surface area contributed by atoms with Crippen LogP contribution in [0.25, 0.3) is 0 Å². The Morgan fingerprint density at radius 2 is 1.52 bits per heavy atom. The lowest BCUT2D eigenvalue weighted by Gasteiger charge is -2.09. The van der Waals surface area contributed by atoms with E-state index in [4.69, 9.17) is 9.47 Å². The van der Waals surface area contributed by atoms with Crippen LogP contribution >= 0.6 is 0 Å². The number of aryl methyl sites for hydroxylation is 1. The molecule has 126 valence electrons. The van der Waals surface area contributed by atoms with E-state index in [1.807, 2.05) is 36.4 Å². The molecular weight excluding hydrogens is 316 g/mol. The number of hydrogen-bond acceptors (Lipinski definition) is 6. The van der Waals surface area contributed by atoms with Crippen molar-refractivity contribution in [2.75, 3.05) is 17.4 Å². The van der Waals surface area contributed by atoms with E-state index < -0.39 is 0 Å². The van der Waals surface area contributed by atoms with Gasteiger partial charge in [-0.3, -0.25) is 0 Å². The van der Waals surface area contributed by atoms with E-state index in [1.54, 1.807) is 0 Å². The molecule has 0 aliphatic carbocycles. The molecule has 4 rings (SSSR count). The Morgan fingerprint density at radius 1 is 0.840 bits per heavy atom. The molecule has 0 atom stereocenters. The number of anilines is 4. The summed E-state index contributed by atoms with van der Waals surface area (Å²) in [7, 11) is 0. The number of aromatic nitrogens is 2. The molecular formula is C19H18N4O2. The summed E-state index contributed by atoms with van der Waals surface area (Å²) in [6.45, 7) is 2.40. The minimum atomic E-state index is 0.261. The van der Waals surface area contributed by atoms with Crippen LogP contribution < -0.4 is 20.1 Å². The first-order chi connectivity index (χ1) is 12.3. The molecule has 1 aliphatic rings. The van der Waals surface area contributed by atoms with Crippen LogP contribution in [0.5, 0.6) is 11.5 Å². The highest BCUT2D eigenvalue weighted by Gasteiger charge is 2.13. The number of hydrogen-bond donors (Lipinski definition) is 2. The van der Waals surface area contributed by atoms with Crippen LogP contribution in [0.15, 0.2) is 54.9 Å². The Hall–Kier alpha value is -3.28. The van der Waals surface area contributed by atoms with Crippen LogP contribution in [0, 0.1) is 0 Å². The van der Waals surface area contributed by atoms with Gasteiger partial charge in [-0.1, -0.05) is 19.1 Å². The third-order valence-corrected chi connectivity index (χ3v) is 3.95. The number of benzene rings is 2. The Morgan fingerprint density at radius 3 is 2.28 bits per heavy atom. The number of fused-ring (bicyclic) bond motifs is 1. The summed E-state index contributed by atoms with van der Waals surface area (Å²) < 4.78 is 10.7. The topological polar surface area (TPSA) is 68.3 Å². The number of rotatable bonds is 5. The number of ether oxygens (including phenoxy) is 2. The van der Waals surface area contributed by atoms with Gasteiger partial charge in [-0.2, -0.15) is 0 Å².